The number of hydrogen-bond donors (Lipinski definition) is 1. The first-order chi connectivity index (χ1) is 10.0. The van der Waals surface area contributed by atoms with Crippen LogP contribution in [0.1, 0.15) is 37.3 Å². The van der Waals surface area contributed by atoms with Crippen LogP contribution in [0.5, 0.6) is 0 Å². The Kier molecular flexibility index (Phi) is 5.28. The van der Waals surface area contributed by atoms with Crippen LogP contribution in [-0.4, -0.2) is 34.9 Å². The molecule has 1 unspecified atom stereocenters. The zero-order valence-electron chi connectivity index (χ0n) is 12.8. The van der Waals surface area contributed by atoms with Gasteiger partial charge >= 0.3 is 6.03 Å². The Balaban J connectivity index is 2.02. The average Bonchev–Trinajstić information content (AvgIpc) is 2.73. The van der Waals surface area contributed by atoms with Crippen LogP contribution in [0, 0.1) is 0 Å². The number of carbonyl (C=O) groups is 2. The van der Waals surface area contributed by atoms with Gasteiger partial charge in [0.25, 0.3) is 5.91 Å². The molecule has 1 aromatic rings. The third-order valence-electron chi connectivity index (χ3n) is 3.70. The molecule has 2 rings (SSSR count). The highest BCUT2D eigenvalue weighted by molar-refractivity contribution is 7.98. The van der Waals surface area contributed by atoms with Gasteiger partial charge in [0.2, 0.25) is 0 Å². The van der Waals surface area contributed by atoms with E-state index in [9.17, 15) is 9.59 Å². The van der Waals surface area contributed by atoms with Crippen molar-refractivity contribution in [3.05, 3.63) is 35.4 Å². The smallest absolute Gasteiger partial charge is 0.325 e. The Morgan fingerprint density at radius 3 is 2.48 bits per heavy atom. The van der Waals surface area contributed by atoms with E-state index in [1.807, 2.05) is 18.4 Å². The first-order valence-corrected chi connectivity index (χ1v) is 8.62. The number of imide groups is 1. The third kappa shape index (κ3) is 3.79. The highest BCUT2D eigenvalue weighted by Crippen LogP contribution is 2.18. The van der Waals surface area contributed by atoms with Crippen molar-refractivity contribution in [2.24, 2.45) is 0 Å². The van der Waals surface area contributed by atoms with Gasteiger partial charge in [-0.25, -0.2) is 4.79 Å². The minimum absolute atomic E-state index is 0.109. The zero-order chi connectivity index (χ0) is 15.4. The minimum Gasteiger partial charge on any atom is -0.326 e. The molecule has 0 saturated carbocycles. The fourth-order valence-electron chi connectivity index (χ4n) is 2.35. The Morgan fingerprint density at radius 2 is 1.90 bits per heavy atom. The maximum absolute atomic E-state index is 12.2. The van der Waals surface area contributed by atoms with E-state index in [0.717, 1.165) is 11.3 Å². The monoisotopic (exact) mass is 306 g/mol. The summed E-state index contributed by atoms with van der Waals surface area (Å²) < 4.78 is 0. The van der Waals surface area contributed by atoms with E-state index >= 15 is 0 Å². The van der Waals surface area contributed by atoms with Gasteiger partial charge in [-0.15, -0.1) is 0 Å². The Bertz CT molecular complexity index is 514. The van der Waals surface area contributed by atoms with Crippen LogP contribution in [0.2, 0.25) is 0 Å². The van der Waals surface area contributed by atoms with Gasteiger partial charge in [0.1, 0.15) is 6.04 Å². The number of amides is 3. The number of nitrogens with zero attached hydrogens (tertiary/aromatic N) is 1. The van der Waals surface area contributed by atoms with Gasteiger partial charge in [0, 0.05) is 0 Å². The quantitative estimate of drug-likeness (QED) is 0.822. The molecule has 0 aromatic heterocycles. The molecule has 1 aliphatic rings. The molecule has 0 bridgehead atoms. The molecule has 1 aliphatic heterocycles. The van der Waals surface area contributed by atoms with Gasteiger partial charge in [-0.3, -0.25) is 9.69 Å². The Labute approximate surface area is 130 Å². The summed E-state index contributed by atoms with van der Waals surface area (Å²) >= 11 is 1.68. The Morgan fingerprint density at radius 1 is 1.24 bits per heavy atom. The minimum atomic E-state index is -0.361. The zero-order valence-corrected chi connectivity index (χ0v) is 13.6. The fraction of sp³-hybridized carbons (Fsp3) is 0.500. The van der Waals surface area contributed by atoms with Crippen LogP contribution in [0.3, 0.4) is 0 Å². The van der Waals surface area contributed by atoms with Crippen LogP contribution in [0.25, 0.3) is 0 Å². The summed E-state index contributed by atoms with van der Waals surface area (Å²) in [6, 6.07) is 7.46. The van der Waals surface area contributed by atoms with Crippen LogP contribution < -0.4 is 5.32 Å². The lowest BCUT2D eigenvalue weighted by atomic mass is 10.0. The van der Waals surface area contributed by atoms with E-state index in [1.165, 1.54) is 10.5 Å². The highest BCUT2D eigenvalue weighted by Gasteiger charge is 2.37. The van der Waals surface area contributed by atoms with Crippen molar-refractivity contribution in [1.82, 2.24) is 10.2 Å². The molecule has 114 valence electrons. The normalized spacial score (nSPS) is 18.5. The summed E-state index contributed by atoms with van der Waals surface area (Å²) in [5.74, 6) is 1.24. The van der Waals surface area contributed by atoms with E-state index in [1.54, 1.807) is 11.8 Å². The predicted octanol–water partition coefficient (Wildman–Crippen LogP) is 2.98. The van der Waals surface area contributed by atoms with Crippen LogP contribution in [0.4, 0.5) is 4.79 Å². The maximum Gasteiger partial charge on any atom is 0.325 e. The van der Waals surface area contributed by atoms with Crippen molar-refractivity contribution >= 4 is 23.7 Å². The molecule has 1 aromatic carbocycles. The van der Waals surface area contributed by atoms with Crippen LogP contribution in [0.15, 0.2) is 24.3 Å². The van der Waals surface area contributed by atoms with Gasteiger partial charge < -0.3 is 5.32 Å². The van der Waals surface area contributed by atoms with E-state index in [0.29, 0.717) is 18.9 Å². The molecule has 1 atom stereocenters. The van der Waals surface area contributed by atoms with Crippen molar-refractivity contribution in [1.29, 1.82) is 0 Å². The molecular formula is C16H22N2O2S. The molecule has 21 heavy (non-hydrogen) atoms. The number of hydrogen-bond acceptors (Lipinski definition) is 3. The summed E-state index contributed by atoms with van der Waals surface area (Å²) in [6.45, 7) is 4.63. The van der Waals surface area contributed by atoms with E-state index in [-0.39, 0.29) is 18.0 Å². The van der Waals surface area contributed by atoms with Crippen molar-refractivity contribution in [2.75, 3.05) is 12.0 Å². The lowest BCUT2D eigenvalue weighted by Crippen LogP contribution is -2.31. The van der Waals surface area contributed by atoms with Crippen LogP contribution in [-0.2, 0) is 11.3 Å². The van der Waals surface area contributed by atoms with E-state index in [4.69, 9.17) is 0 Å². The molecule has 3 amide bonds. The van der Waals surface area contributed by atoms with Crippen molar-refractivity contribution in [2.45, 2.75) is 38.8 Å². The van der Waals surface area contributed by atoms with Crippen molar-refractivity contribution < 1.29 is 9.59 Å². The van der Waals surface area contributed by atoms with Gasteiger partial charge in [-0.2, -0.15) is 11.8 Å². The number of benzene rings is 1. The molecule has 1 saturated heterocycles. The van der Waals surface area contributed by atoms with Gasteiger partial charge in [0.05, 0.1) is 6.54 Å². The second kappa shape index (κ2) is 6.98. The number of urea groups is 1. The average molecular weight is 306 g/mol. The first-order valence-electron chi connectivity index (χ1n) is 7.22. The van der Waals surface area contributed by atoms with Crippen molar-refractivity contribution in [3.8, 4) is 0 Å². The number of carbonyl (C=O) groups excluding carboxylic acids is 2. The largest absolute Gasteiger partial charge is 0.326 e. The van der Waals surface area contributed by atoms with E-state index in [2.05, 4.69) is 31.3 Å². The number of rotatable bonds is 6. The molecule has 0 aliphatic carbocycles. The molecule has 0 spiro atoms. The van der Waals surface area contributed by atoms with Gasteiger partial charge in [0.15, 0.2) is 0 Å². The standard InChI is InChI=1S/C16H22N2O2S/c1-11(2)13-6-4-12(5-7-13)10-18-15(19)14(8-9-21-3)17-16(18)20/h4-7,11,14H,8-10H2,1-3H3,(H,17,20). The van der Waals surface area contributed by atoms with Gasteiger partial charge in [-0.05, 0) is 35.5 Å². The molecule has 4 nitrogen and oxygen atoms in total. The van der Waals surface area contributed by atoms with Crippen molar-refractivity contribution in [3.63, 3.8) is 0 Å². The highest BCUT2D eigenvalue weighted by atomic mass is 32.2. The SMILES string of the molecule is CSCCC1NC(=O)N(Cc2ccc(C(C)C)cc2)C1=O. The predicted molar refractivity (Wildman–Crippen MR) is 86.4 cm³/mol. The summed E-state index contributed by atoms with van der Waals surface area (Å²) in [5.41, 5.74) is 2.24. The molecule has 5 heteroatoms. The van der Waals surface area contributed by atoms with E-state index < -0.39 is 0 Å². The summed E-state index contributed by atoms with van der Waals surface area (Å²) in [5, 5.41) is 2.76. The summed E-state index contributed by atoms with van der Waals surface area (Å²) in [6.07, 6.45) is 2.68. The molecule has 1 fully saturated rings. The number of nitrogens with one attached hydrogen (secondary N) is 1. The molecule has 1 N–H and O–H groups in total. The van der Waals surface area contributed by atoms with Crippen LogP contribution >= 0.6 is 11.8 Å². The summed E-state index contributed by atoms with van der Waals surface area (Å²) in [4.78, 5) is 25.5. The third-order valence-corrected chi connectivity index (χ3v) is 4.35. The van der Waals surface area contributed by atoms with Gasteiger partial charge in [-0.1, -0.05) is 38.1 Å². The second-order valence-electron chi connectivity index (χ2n) is 5.60. The lowest BCUT2D eigenvalue weighted by Gasteiger charge is -2.14. The Hall–Kier alpha value is -1.49. The summed E-state index contributed by atoms with van der Waals surface area (Å²) in [7, 11) is 0. The topological polar surface area (TPSA) is 49.4 Å². The second-order valence-corrected chi connectivity index (χ2v) is 6.59. The molecular weight excluding hydrogens is 284 g/mol. The number of thioether (sulfide) groups is 1. The maximum atomic E-state index is 12.2. The fourth-order valence-corrected chi connectivity index (χ4v) is 2.82. The lowest BCUT2D eigenvalue weighted by molar-refractivity contribution is -0.127. The molecule has 1 heterocycles. The molecule has 0 radical (unpaired) electrons. The first kappa shape index (κ1) is 15.9.